The number of anilines is 1. The van der Waals surface area contributed by atoms with Crippen molar-refractivity contribution in [2.45, 2.75) is 19.3 Å². The van der Waals surface area contributed by atoms with Crippen LogP contribution in [0.1, 0.15) is 28.1 Å². The summed E-state index contributed by atoms with van der Waals surface area (Å²) in [5, 5.41) is 12.9. The van der Waals surface area contributed by atoms with Gasteiger partial charge in [-0.2, -0.15) is 10.2 Å². The van der Waals surface area contributed by atoms with Gasteiger partial charge in [0.05, 0.1) is 33.9 Å². The molecule has 0 aliphatic carbocycles. The summed E-state index contributed by atoms with van der Waals surface area (Å²) in [4.78, 5) is 14.2. The van der Waals surface area contributed by atoms with Crippen molar-refractivity contribution in [1.82, 2.24) is 19.6 Å². The molecular formula is C28H20BrN5O2. The van der Waals surface area contributed by atoms with Crippen LogP contribution < -0.4 is 10.1 Å². The summed E-state index contributed by atoms with van der Waals surface area (Å²) in [6.07, 6.45) is 0. The quantitative estimate of drug-likeness (QED) is 0.307. The lowest BCUT2D eigenvalue weighted by atomic mass is 9.69. The Morgan fingerprint density at radius 1 is 0.806 bits per heavy atom. The molecule has 7 nitrogen and oxygen atoms in total. The van der Waals surface area contributed by atoms with Crippen molar-refractivity contribution in [2.75, 3.05) is 5.32 Å². The second-order valence-corrected chi connectivity index (χ2v) is 9.94. The van der Waals surface area contributed by atoms with Crippen LogP contribution in [-0.2, 0) is 10.2 Å². The first kappa shape index (κ1) is 21.1. The number of ether oxygens (including phenoxy) is 1. The SMILES string of the molecule is Cc1nn(-c2ccccc2)c2c1C1(C(=O)Nc3ccc(Br)cc31)c1c(C)nn(-c3ccccc3)c1O2. The topological polar surface area (TPSA) is 74.0 Å². The molecule has 1 spiro atoms. The molecule has 0 fully saturated rings. The lowest BCUT2D eigenvalue weighted by molar-refractivity contribution is -0.118. The molecule has 3 aromatic carbocycles. The second-order valence-electron chi connectivity index (χ2n) is 9.02. The fourth-order valence-corrected chi connectivity index (χ4v) is 5.90. The van der Waals surface area contributed by atoms with E-state index in [0.29, 0.717) is 23.1 Å². The number of hydrogen-bond donors (Lipinski definition) is 1. The Morgan fingerprint density at radius 2 is 1.33 bits per heavy atom. The van der Waals surface area contributed by atoms with Crippen molar-refractivity contribution in [3.63, 3.8) is 0 Å². The molecule has 2 aliphatic rings. The molecule has 5 aromatic rings. The maximum Gasteiger partial charge on any atom is 0.244 e. The van der Waals surface area contributed by atoms with E-state index >= 15 is 0 Å². The minimum Gasteiger partial charge on any atom is -0.420 e. The molecule has 4 heterocycles. The van der Waals surface area contributed by atoms with Gasteiger partial charge in [-0.05, 0) is 56.3 Å². The van der Waals surface area contributed by atoms with Crippen molar-refractivity contribution in [1.29, 1.82) is 0 Å². The van der Waals surface area contributed by atoms with E-state index in [1.807, 2.05) is 92.7 Å². The number of nitrogens with one attached hydrogen (secondary N) is 1. The molecule has 0 saturated heterocycles. The smallest absolute Gasteiger partial charge is 0.244 e. The van der Waals surface area contributed by atoms with Crippen LogP contribution in [0.5, 0.6) is 11.8 Å². The van der Waals surface area contributed by atoms with Gasteiger partial charge in [0.2, 0.25) is 17.7 Å². The highest BCUT2D eigenvalue weighted by molar-refractivity contribution is 9.10. The van der Waals surface area contributed by atoms with E-state index < -0.39 is 5.41 Å². The van der Waals surface area contributed by atoms with Crippen LogP contribution in [0.4, 0.5) is 5.69 Å². The summed E-state index contributed by atoms with van der Waals surface area (Å²) in [5.41, 5.74) is 5.01. The van der Waals surface area contributed by atoms with Gasteiger partial charge in [-0.3, -0.25) is 4.79 Å². The zero-order valence-electron chi connectivity index (χ0n) is 19.5. The number of rotatable bonds is 2. The zero-order valence-corrected chi connectivity index (χ0v) is 21.1. The Balaban J connectivity index is 1.63. The molecule has 1 N–H and O–H groups in total. The molecule has 7 rings (SSSR count). The molecular weight excluding hydrogens is 518 g/mol. The molecule has 176 valence electrons. The van der Waals surface area contributed by atoms with Gasteiger partial charge in [0.25, 0.3) is 0 Å². The van der Waals surface area contributed by atoms with Crippen molar-refractivity contribution in [3.8, 4) is 23.1 Å². The van der Waals surface area contributed by atoms with Crippen molar-refractivity contribution in [2.24, 2.45) is 0 Å². The van der Waals surface area contributed by atoms with Crippen LogP contribution in [-0.4, -0.2) is 25.5 Å². The van der Waals surface area contributed by atoms with Gasteiger partial charge in [0, 0.05) is 15.7 Å². The molecule has 2 aromatic heterocycles. The van der Waals surface area contributed by atoms with Gasteiger partial charge < -0.3 is 10.1 Å². The molecule has 2 aliphatic heterocycles. The fraction of sp³-hybridized carbons (Fsp3) is 0.107. The third-order valence-electron chi connectivity index (χ3n) is 6.96. The first-order valence-electron chi connectivity index (χ1n) is 11.6. The summed E-state index contributed by atoms with van der Waals surface area (Å²) >= 11 is 3.62. The highest BCUT2D eigenvalue weighted by Crippen LogP contribution is 2.59. The number of aryl methyl sites for hydroxylation is 2. The minimum atomic E-state index is -1.17. The largest absolute Gasteiger partial charge is 0.420 e. The molecule has 0 unspecified atom stereocenters. The first-order chi connectivity index (χ1) is 17.5. The predicted molar refractivity (Wildman–Crippen MR) is 139 cm³/mol. The zero-order chi connectivity index (χ0) is 24.6. The summed E-state index contributed by atoms with van der Waals surface area (Å²) in [7, 11) is 0. The Kier molecular flexibility index (Phi) is 4.35. The van der Waals surface area contributed by atoms with Gasteiger partial charge in [-0.1, -0.05) is 52.3 Å². The van der Waals surface area contributed by atoms with Crippen molar-refractivity contribution in [3.05, 3.63) is 111 Å². The van der Waals surface area contributed by atoms with Gasteiger partial charge in [-0.15, -0.1) is 0 Å². The van der Waals surface area contributed by atoms with E-state index in [1.165, 1.54) is 0 Å². The number of hydrogen-bond acceptors (Lipinski definition) is 4. The minimum absolute atomic E-state index is 0.146. The number of benzene rings is 3. The Labute approximate surface area is 215 Å². The molecule has 36 heavy (non-hydrogen) atoms. The number of nitrogens with zero attached hydrogens (tertiary/aromatic N) is 4. The number of para-hydroxylation sites is 2. The fourth-order valence-electron chi connectivity index (χ4n) is 5.54. The van der Waals surface area contributed by atoms with Gasteiger partial charge >= 0.3 is 0 Å². The Hall–Kier alpha value is -4.17. The van der Waals surface area contributed by atoms with Crippen LogP contribution in [0.25, 0.3) is 11.4 Å². The van der Waals surface area contributed by atoms with E-state index in [9.17, 15) is 4.79 Å². The molecule has 1 amide bonds. The Morgan fingerprint density at radius 3 is 1.86 bits per heavy atom. The average Bonchev–Trinajstić information content (AvgIpc) is 3.50. The number of halogens is 1. The van der Waals surface area contributed by atoms with Gasteiger partial charge in [-0.25, -0.2) is 9.36 Å². The van der Waals surface area contributed by atoms with Crippen molar-refractivity contribution < 1.29 is 9.53 Å². The number of amides is 1. The van der Waals surface area contributed by atoms with Crippen LogP contribution in [0.2, 0.25) is 0 Å². The number of aromatic nitrogens is 4. The van der Waals surface area contributed by atoms with E-state index in [2.05, 4.69) is 21.2 Å². The Bertz CT molecular complexity index is 1600. The molecule has 0 saturated carbocycles. The lowest BCUT2D eigenvalue weighted by Gasteiger charge is -2.33. The first-order valence-corrected chi connectivity index (χ1v) is 12.4. The molecule has 0 atom stereocenters. The standard InChI is InChI=1S/C28H20BrN5O2/c1-16-23-25(33(31-16)19-9-5-3-6-10-19)36-26-24(17(2)32-34(26)20-11-7-4-8-12-20)28(23)21-15-18(29)13-14-22(21)30-27(28)35/h3-15H,1-2H3,(H,30,35). The molecule has 0 bridgehead atoms. The van der Waals surface area contributed by atoms with E-state index in [4.69, 9.17) is 14.9 Å². The van der Waals surface area contributed by atoms with Crippen LogP contribution in [0, 0.1) is 13.8 Å². The van der Waals surface area contributed by atoms with Gasteiger partial charge in [0.1, 0.15) is 5.41 Å². The number of carbonyl (C=O) groups is 1. The summed E-state index contributed by atoms with van der Waals surface area (Å²) in [6, 6.07) is 25.5. The summed E-state index contributed by atoms with van der Waals surface area (Å²) < 4.78 is 11.1. The number of carbonyl (C=O) groups excluding carboxylic acids is 1. The van der Waals surface area contributed by atoms with E-state index in [0.717, 1.165) is 38.2 Å². The van der Waals surface area contributed by atoms with Crippen LogP contribution >= 0.6 is 15.9 Å². The third kappa shape index (κ3) is 2.64. The summed E-state index contributed by atoms with van der Waals surface area (Å²) in [5.74, 6) is 0.866. The van der Waals surface area contributed by atoms with Crippen LogP contribution in [0.15, 0.2) is 83.3 Å². The monoisotopic (exact) mass is 537 g/mol. The molecule has 0 radical (unpaired) electrons. The highest BCUT2D eigenvalue weighted by Gasteiger charge is 2.59. The van der Waals surface area contributed by atoms with Crippen molar-refractivity contribution >= 4 is 27.5 Å². The van der Waals surface area contributed by atoms with E-state index in [-0.39, 0.29) is 5.91 Å². The third-order valence-corrected chi connectivity index (χ3v) is 7.45. The average molecular weight is 538 g/mol. The van der Waals surface area contributed by atoms with E-state index in [1.54, 1.807) is 9.36 Å². The lowest BCUT2D eigenvalue weighted by Crippen LogP contribution is -2.40. The maximum atomic E-state index is 14.2. The summed E-state index contributed by atoms with van der Waals surface area (Å²) in [6.45, 7) is 3.85. The highest BCUT2D eigenvalue weighted by atomic mass is 79.9. The van der Waals surface area contributed by atoms with Crippen LogP contribution in [0.3, 0.4) is 0 Å². The number of fused-ring (bicyclic) bond motifs is 6. The normalized spacial score (nSPS) is 14.7. The molecule has 8 heteroatoms. The van der Waals surface area contributed by atoms with Gasteiger partial charge in [0.15, 0.2) is 0 Å². The second kappa shape index (κ2) is 7.41. The predicted octanol–water partition coefficient (Wildman–Crippen LogP) is 5.83. The maximum absolute atomic E-state index is 14.2.